The van der Waals surface area contributed by atoms with E-state index in [1.165, 1.54) is 11.8 Å². The highest BCUT2D eigenvalue weighted by Gasteiger charge is 2.19. The first-order valence-corrected chi connectivity index (χ1v) is 10.8. The largest absolute Gasteiger partial charge is 0.334 e. The second-order valence-electron chi connectivity index (χ2n) is 6.80. The third-order valence-electron chi connectivity index (χ3n) is 4.54. The van der Waals surface area contributed by atoms with Crippen molar-refractivity contribution in [2.24, 2.45) is 0 Å². The fraction of sp³-hybridized carbons (Fsp3) is 0.300. The molecule has 0 amide bonds. The smallest absolute Gasteiger partial charge is 0.263 e. The van der Waals surface area contributed by atoms with E-state index in [2.05, 4.69) is 10.1 Å². The van der Waals surface area contributed by atoms with Crippen LogP contribution in [0.1, 0.15) is 36.2 Å². The zero-order chi connectivity index (χ0) is 19.8. The van der Waals surface area contributed by atoms with Gasteiger partial charge in [0.2, 0.25) is 0 Å². The number of hydrogen-bond acceptors (Lipinski definition) is 7. The first-order chi connectivity index (χ1) is 13.5. The van der Waals surface area contributed by atoms with Crippen molar-refractivity contribution < 1.29 is 4.52 Å². The molecule has 3 aromatic heterocycles. The predicted octanol–water partition coefficient (Wildman–Crippen LogP) is 5.00. The molecule has 144 valence electrons. The molecule has 0 bridgehead atoms. The molecule has 0 spiro atoms. The maximum atomic E-state index is 13.1. The van der Waals surface area contributed by atoms with E-state index in [0.717, 1.165) is 26.2 Å². The van der Waals surface area contributed by atoms with Crippen LogP contribution >= 0.6 is 23.1 Å². The lowest BCUT2D eigenvalue weighted by Gasteiger charge is -2.14. The Hall–Kier alpha value is -2.45. The van der Waals surface area contributed by atoms with Gasteiger partial charge in [-0.1, -0.05) is 35.1 Å². The molecule has 4 aromatic rings. The number of thiophene rings is 1. The fourth-order valence-corrected chi connectivity index (χ4v) is 5.03. The van der Waals surface area contributed by atoms with Crippen molar-refractivity contribution in [3.05, 3.63) is 57.0 Å². The first-order valence-electron chi connectivity index (χ1n) is 8.98. The molecule has 0 aliphatic rings. The van der Waals surface area contributed by atoms with Crippen LogP contribution in [0.3, 0.4) is 0 Å². The van der Waals surface area contributed by atoms with Gasteiger partial charge in [0.05, 0.1) is 11.1 Å². The molecule has 6 nitrogen and oxygen atoms in total. The molecule has 28 heavy (non-hydrogen) atoms. The van der Waals surface area contributed by atoms with Crippen LogP contribution in [0.15, 0.2) is 44.8 Å². The highest BCUT2D eigenvalue weighted by molar-refractivity contribution is 7.98. The highest BCUT2D eigenvalue weighted by atomic mass is 32.2. The van der Waals surface area contributed by atoms with Gasteiger partial charge in [-0.25, -0.2) is 4.98 Å². The molecule has 0 fully saturated rings. The average molecular weight is 413 g/mol. The number of fused-ring (bicyclic) bond motifs is 1. The molecule has 8 heteroatoms. The summed E-state index contributed by atoms with van der Waals surface area (Å²) in [7, 11) is 0. The van der Waals surface area contributed by atoms with Gasteiger partial charge in [0.15, 0.2) is 11.0 Å². The number of nitrogens with zero attached hydrogens (tertiary/aromatic N) is 4. The van der Waals surface area contributed by atoms with Gasteiger partial charge < -0.3 is 4.52 Å². The standard InChI is InChI=1S/C20H20N4O2S2/c1-11(2)24-19(25)16-12(3)13(4)28-18(16)22-20(24)27-10-15-21-17(26-23-15)14-8-6-5-7-9-14/h5-9,11H,10H2,1-4H3. The van der Waals surface area contributed by atoms with Crippen molar-refractivity contribution in [1.82, 2.24) is 19.7 Å². The zero-order valence-electron chi connectivity index (χ0n) is 16.1. The second-order valence-corrected chi connectivity index (χ2v) is 8.94. The van der Waals surface area contributed by atoms with E-state index < -0.39 is 0 Å². The Morgan fingerprint density at radius 3 is 2.64 bits per heavy atom. The van der Waals surface area contributed by atoms with Crippen LogP contribution in [-0.4, -0.2) is 19.7 Å². The van der Waals surface area contributed by atoms with Crippen LogP contribution in [0.25, 0.3) is 21.7 Å². The maximum absolute atomic E-state index is 13.1. The number of aryl methyl sites for hydroxylation is 2. The summed E-state index contributed by atoms with van der Waals surface area (Å²) < 4.78 is 7.12. The molecule has 0 N–H and O–H groups in total. The summed E-state index contributed by atoms with van der Waals surface area (Å²) in [6.45, 7) is 8.00. The Morgan fingerprint density at radius 2 is 1.93 bits per heavy atom. The van der Waals surface area contributed by atoms with E-state index in [1.54, 1.807) is 15.9 Å². The monoisotopic (exact) mass is 412 g/mol. The molecule has 4 rings (SSSR count). The summed E-state index contributed by atoms with van der Waals surface area (Å²) in [5.41, 5.74) is 1.92. The minimum atomic E-state index is 0.0108. The summed E-state index contributed by atoms with van der Waals surface area (Å²) in [4.78, 5) is 24.2. The minimum Gasteiger partial charge on any atom is -0.334 e. The third-order valence-corrected chi connectivity index (χ3v) is 6.59. The number of benzene rings is 1. The zero-order valence-corrected chi connectivity index (χ0v) is 17.7. The van der Waals surface area contributed by atoms with Crippen LogP contribution in [0, 0.1) is 13.8 Å². The Morgan fingerprint density at radius 1 is 1.18 bits per heavy atom. The van der Waals surface area contributed by atoms with Crippen LogP contribution in [0.5, 0.6) is 0 Å². The van der Waals surface area contributed by atoms with Crippen molar-refractivity contribution >= 4 is 33.3 Å². The first kappa shape index (κ1) is 18.9. The van der Waals surface area contributed by atoms with Crippen LogP contribution < -0.4 is 5.56 Å². The molecule has 0 atom stereocenters. The van der Waals surface area contributed by atoms with Gasteiger partial charge in [0, 0.05) is 16.5 Å². The van der Waals surface area contributed by atoms with Crippen molar-refractivity contribution in [3.8, 4) is 11.5 Å². The molecule has 0 aliphatic carbocycles. The van der Waals surface area contributed by atoms with Gasteiger partial charge >= 0.3 is 0 Å². The van der Waals surface area contributed by atoms with Gasteiger partial charge in [0.25, 0.3) is 11.4 Å². The lowest BCUT2D eigenvalue weighted by atomic mass is 10.2. The van der Waals surface area contributed by atoms with Crippen LogP contribution in [-0.2, 0) is 5.75 Å². The van der Waals surface area contributed by atoms with Gasteiger partial charge in [-0.3, -0.25) is 9.36 Å². The fourth-order valence-electron chi connectivity index (χ4n) is 2.98. The SMILES string of the molecule is Cc1sc2nc(SCc3noc(-c4ccccc4)n3)n(C(C)C)c(=O)c2c1C. The summed E-state index contributed by atoms with van der Waals surface area (Å²) in [6.07, 6.45) is 0. The molecule has 0 unspecified atom stereocenters. The third kappa shape index (κ3) is 3.38. The Kier molecular flexibility index (Phi) is 5.07. The van der Waals surface area contributed by atoms with Gasteiger partial charge in [-0.15, -0.1) is 11.3 Å². The molecule has 0 saturated carbocycles. The summed E-state index contributed by atoms with van der Waals surface area (Å²) in [5, 5.41) is 5.47. The molecular weight excluding hydrogens is 392 g/mol. The van der Waals surface area contributed by atoms with Crippen molar-refractivity contribution in [2.45, 2.75) is 44.6 Å². The molecule has 0 aliphatic heterocycles. The lowest BCUT2D eigenvalue weighted by molar-refractivity contribution is 0.425. The van der Waals surface area contributed by atoms with Crippen LogP contribution in [0.4, 0.5) is 0 Å². The van der Waals surface area contributed by atoms with Crippen molar-refractivity contribution in [1.29, 1.82) is 0 Å². The quantitative estimate of drug-likeness (QED) is 0.339. The summed E-state index contributed by atoms with van der Waals surface area (Å²) >= 11 is 3.02. The molecule has 0 radical (unpaired) electrons. The predicted molar refractivity (Wildman–Crippen MR) is 113 cm³/mol. The van der Waals surface area contributed by atoms with Crippen LogP contribution in [0.2, 0.25) is 0 Å². The number of thioether (sulfide) groups is 1. The Bertz CT molecular complexity index is 1190. The van der Waals surface area contributed by atoms with Gasteiger partial charge in [-0.05, 0) is 45.4 Å². The van der Waals surface area contributed by atoms with E-state index in [0.29, 0.717) is 22.6 Å². The van der Waals surface area contributed by atoms with E-state index in [4.69, 9.17) is 9.51 Å². The number of hydrogen-bond donors (Lipinski definition) is 0. The van der Waals surface area contributed by atoms with Gasteiger partial charge in [-0.2, -0.15) is 4.98 Å². The lowest BCUT2D eigenvalue weighted by Crippen LogP contribution is -2.25. The number of aromatic nitrogens is 4. The van der Waals surface area contributed by atoms with E-state index in [9.17, 15) is 4.79 Å². The van der Waals surface area contributed by atoms with Crippen molar-refractivity contribution in [2.75, 3.05) is 0 Å². The highest BCUT2D eigenvalue weighted by Crippen LogP contribution is 2.30. The number of rotatable bonds is 5. The average Bonchev–Trinajstić information content (AvgIpc) is 3.25. The summed E-state index contributed by atoms with van der Waals surface area (Å²) in [6, 6.07) is 9.67. The molecule has 3 heterocycles. The normalized spacial score (nSPS) is 11.6. The maximum Gasteiger partial charge on any atom is 0.263 e. The second kappa shape index (κ2) is 7.52. The van der Waals surface area contributed by atoms with E-state index >= 15 is 0 Å². The molecule has 0 saturated heterocycles. The Balaban J connectivity index is 1.66. The van der Waals surface area contributed by atoms with Gasteiger partial charge in [0.1, 0.15) is 4.83 Å². The minimum absolute atomic E-state index is 0.0108. The van der Waals surface area contributed by atoms with E-state index in [-0.39, 0.29) is 11.6 Å². The molecular formula is C20H20N4O2S2. The Labute approximate surface area is 170 Å². The van der Waals surface area contributed by atoms with Crippen molar-refractivity contribution in [3.63, 3.8) is 0 Å². The topological polar surface area (TPSA) is 73.8 Å². The molecule has 1 aromatic carbocycles. The van der Waals surface area contributed by atoms with E-state index in [1.807, 2.05) is 58.0 Å². The summed E-state index contributed by atoms with van der Waals surface area (Å²) in [5.74, 6) is 1.54.